The van der Waals surface area contributed by atoms with Crippen LogP contribution in [0.4, 0.5) is 14.9 Å². The Labute approximate surface area is 123 Å². The van der Waals surface area contributed by atoms with Gasteiger partial charge in [0.1, 0.15) is 5.82 Å². The number of hydrogen-bond donors (Lipinski definition) is 3. The molecule has 0 aliphatic heterocycles. The maximum absolute atomic E-state index is 13.1. The number of carbonyl (C=O) groups is 2. The number of nitrogens with one attached hydrogen (secondary N) is 2. The number of hydrogen-bond acceptors (Lipinski definition) is 2. The van der Waals surface area contributed by atoms with Crippen LogP contribution in [0, 0.1) is 11.7 Å². The zero-order chi connectivity index (χ0) is 16.0. The Bertz CT molecular complexity index is 516. The van der Waals surface area contributed by atoms with Crippen LogP contribution < -0.4 is 10.6 Å². The number of carboxylic acids is 1. The zero-order valence-corrected chi connectivity index (χ0v) is 12.4. The molecule has 21 heavy (non-hydrogen) atoms. The van der Waals surface area contributed by atoms with Gasteiger partial charge < -0.3 is 15.7 Å². The highest BCUT2D eigenvalue weighted by Crippen LogP contribution is 2.18. The second-order valence-electron chi connectivity index (χ2n) is 4.96. The van der Waals surface area contributed by atoms with Crippen LogP contribution in [0.25, 0.3) is 0 Å². The van der Waals surface area contributed by atoms with E-state index in [1.165, 1.54) is 6.07 Å². The normalized spacial score (nSPS) is 12.0. The van der Waals surface area contributed by atoms with Crippen molar-refractivity contribution in [2.24, 2.45) is 5.92 Å². The monoisotopic (exact) mass is 296 g/mol. The second kappa shape index (κ2) is 7.61. The maximum Gasteiger partial charge on any atom is 0.337 e. The number of halogens is 1. The van der Waals surface area contributed by atoms with Crippen LogP contribution in [0.15, 0.2) is 18.2 Å². The molecule has 0 aliphatic rings. The van der Waals surface area contributed by atoms with Gasteiger partial charge >= 0.3 is 12.0 Å². The van der Waals surface area contributed by atoms with E-state index in [2.05, 4.69) is 10.6 Å². The molecule has 0 radical (unpaired) electrons. The summed E-state index contributed by atoms with van der Waals surface area (Å²) in [6.45, 7) is 6.00. The SMILES string of the molecule is CCC(CC)C(C)NC(=O)Nc1ccc(F)cc1C(=O)O. The molecule has 0 aliphatic carbocycles. The molecule has 3 N–H and O–H groups in total. The van der Waals surface area contributed by atoms with E-state index >= 15 is 0 Å². The minimum absolute atomic E-state index is 0.0336. The molecule has 0 aromatic heterocycles. The van der Waals surface area contributed by atoms with Gasteiger partial charge in [-0.15, -0.1) is 0 Å². The van der Waals surface area contributed by atoms with Crippen LogP contribution in [0.1, 0.15) is 44.0 Å². The van der Waals surface area contributed by atoms with Crippen LogP contribution in [-0.4, -0.2) is 23.1 Å². The number of urea groups is 1. The number of rotatable bonds is 6. The van der Waals surface area contributed by atoms with Gasteiger partial charge in [0.2, 0.25) is 0 Å². The molecule has 0 saturated carbocycles. The summed E-state index contributed by atoms with van der Waals surface area (Å²) in [5.74, 6) is -1.61. The largest absolute Gasteiger partial charge is 0.478 e. The Hall–Kier alpha value is -2.11. The van der Waals surface area contributed by atoms with Crippen LogP contribution in [0.2, 0.25) is 0 Å². The summed E-state index contributed by atoms with van der Waals surface area (Å²) in [7, 11) is 0. The standard InChI is InChI=1S/C15H21FN2O3/c1-4-10(5-2)9(3)17-15(21)18-13-7-6-11(16)8-12(13)14(19)20/h6-10H,4-5H2,1-3H3,(H,19,20)(H2,17,18,21). The molecule has 0 bridgehead atoms. The highest BCUT2D eigenvalue weighted by molar-refractivity contribution is 6.00. The van der Waals surface area contributed by atoms with Crippen molar-refractivity contribution in [1.29, 1.82) is 0 Å². The van der Waals surface area contributed by atoms with E-state index in [1.54, 1.807) is 0 Å². The summed E-state index contributed by atoms with van der Waals surface area (Å²) >= 11 is 0. The first kappa shape index (κ1) is 16.9. The van der Waals surface area contributed by atoms with Crippen molar-refractivity contribution in [3.8, 4) is 0 Å². The van der Waals surface area contributed by atoms with Crippen LogP contribution in [0.3, 0.4) is 0 Å². The number of benzene rings is 1. The maximum atomic E-state index is 13.1. The first-order valence-corrected chi connectivity index (χ1v) is 6.99. The lowest BCUT2D eigenvalue weighted by Gasteiger charge is -2.22. The van der Waals surface area contributed by atoms with E-state index in [0.29, 0.717) is 5.92 Å². The fourth-order valence-electron chi connectivity index (χ4n) is 2.28. The van der Waals surface area contributed by atoms with Gasteiger partial charge in [-0.2, -0.15) is 0 Å². The molecule has 0 heterocycles. The number of anilines is 1. The molecule has 1 aromatic carbocycles. The van der Waals surface area contributed by atoms with E-state index in [0.717, 1.165) is 25.0 Å². The quantitative estimate of drug-likeness (QED) is 0.752. The highest BCUT2D eigenvalue weighted by atomic mass is 19.1. The minimum atomic E-state index is -1.29. The first-order valence-electron chi connectivity index (χ1n) is 6.99. The molecule has 0 fully saturated rings. The Morgan fingerprint density at radius 1 is 1.29 bits per heavy atom. The van der Waals surface area contributed by atoms with Gasteiger partial charge in [0.25, 0.3) is 0 Å². The summed E-state index contributed by atoms with van der Waals surface area (Å²) in [6.07, 6.45) is 1.88. The van der Waals surface area contributed by atoms with Crippen molar-refractivity contribution in [1.82, 2.24) is 5.32 Å². The van der Waals surface area contributed by atoms with Gasteiger partial charge in [-0.05, 0) is 31.0 Å². The molecule has 1 unspecified atom stereocenters. The third kappa shape index (κ3) is 4.73. The fraction of sp³-hybridized carbons (Fsp3) is 0.467. The molecular formula is C15H21FN2O3. The van der Waals surface area contributed by atoms with Crippen molar-refractivity contribution in [3.05, 3.63) is 29.6 Å². The molecule has 0 spiro atoms. The van der Waals surface area contributed by atoms with Gasteiger partial charge in [-0.1, -0.05) is 26.7 Å². The van der Waals surface area contributed by atoms with Crippen LogP contribution >= 0.6 is 0 Å². The van der Waals surface area contributed by atoms with E-state index in [9.17, 15) is 14.0 Å². The predicted octanol–water partition coefficient (Wildman–Crippen LogP) is 3.47. The van der Waals surface area contributed by atoms with Crippen LogP contribution in [-0.2, 0) is 0 Å². The first-order chi connectivity index (χ1) is 9.88. The van der Waals surface area contributed by atoms with E-state index in [4.69, 9.17) is 5.11 Å². The Kier molecular flexibility index (Phi) is 6.14. The van der Waals surface area contributed by atoms with Gasteiger partial charge in [0.15, 0.2) is 0 Å². The topological polar surface area (TPSA) is 78.4 Å². The van der Waals surface area contributed by atoms with E-state index in [1.807, 2.05) is 20.8 Å². The molecule has 6 heteroatoms. The average Bonchev–Trinajstić information content (AvgIpc) is 2.41. The van der Waals surface area contributed by atoms with Gasteiger partial charge in [0.05, 0.1) is 11.3 Å². The number of amides is 2. The highest BCUT2D eigenvalue weighted by Gasteiger charge is 2.18. The van der Waals surface area contributed by atoms with Crippen molar-refractivity contribution >= 4 is 17.7 Å². The average molecular weight is 296 g/mol. The molecular weight excluding hydrogens is 275 g/mol. The van der Waals surface area contributed by atoms with Crippen molar-refractivity contribution in [2.45, 2.75) is 39.7 Å². The molecule has 116 valence electrons. The number of carboxylic acid groups (broad SMARTS) is 1. The summed E-state index contributed by atoms with van der Waals surface area (Å²) in [5, 5.41) is 14.2. The summed E-state index contributed by atoms with van der Waals surface area (Å²) in [5.41, 5.74) is -0.210. The zero-order valence-electron chi connectivity index (χ0n) is 12.4. The number of carbonyl (C=O) groups excluding carboxylic acids is 1. The molecule has 1 aromatic rings. The van der Waals surface area contributed by atoms with E-state index < -0.39 is 17.8 Å². The van der Waals surface area contributed by atoms with Crippen molar-refractivity contribution in [3.63, 3.8) is 0 Å². The number of aromatic carboxylic acids is 1. The van der Waals surface area contributed by atoms with E-state index in [-0.39, 0.29) is 17.3 Å². The Balaban J connectivity index is 2.77. The van der Waals surface area contributed by atoms with Gasteiger partial charge in [0, 0.05) is 6.04 Å². The minimum Gasteiger partial charge on any atom is -0.478 e. The summed E-state index contributed by atoms with van der Waals surface area (Å²) < 4.78 is 13.1. The lowest BCUT2D eigenvalue weighted by atomic mass is 9.96. The Morgan fingerprint density at radius 2 is 1.90 bits per heavy atom. The summed E-state index contributed by atoms with van der Waals surface area (Å²) in [4.78, 5) is 23.0. The molecule has 2 amide bonds. The molecule has 5 nitrogen and oxygen atoms in total. The third-order valence-corrected chi connectivity index (χ3v) is 3.57. The lowest BCUT2D eigenvalue weighted by molar-refractivity contribution is 0.0697. The van der Waals surface area contributed by atoms with Crippen molar-refractivity contribution in [2.75, 3.05) is 5.32 Å². The van der Waals surface area contributed by atoms with Gasteiger partial charge in [-0.3, -0.25) is 0 Å². The predicted molar refractivity (Wildman–Crippen MR) is 79.0 cm³/mol. The third-order valence-electron chi connectivity index (χ3n) is 3.57. The van der Waals surface area contributed by atoms with Gasteiger partial charge in [-0.25, -0.2) is 14.0 Å². The van der Waals surface area contributed by atoms with Crippen LogP contribution in [0.5, 0.6) is 0 Å². The molecule has 1 atom stereocenters. The smallest absolute Gasteiger partial charge is 0.337 e. The lowest BCUT2D eigenvalue weighted by Crippen LogP contribution is -2.40. The second-order valence-corrected chi connectivity index (χ2v) is 4.96. The summed E-state index contributed by atoms with van der Waals surface area (Å²) in [6, 6.07) is 2.69. The Morgan fingerprint density at radius 3 is 2.43 bits per heavy atom. The molecule has 0 saturated heterocycles. The van der Waals surface area contributed by atoms with Crippen molar-refractivity contribution < 1.29 is 19.1 Å². The fourth-order valence-corrected chi connectivity index (χ4v) is 2.28. The molecule has 1 rings (SSSR count).